The van der Waals surface area contributed by atoms with E-state index in [-0.39, 0.29) is 18.0 Å². The summed E-state index contributed by atoms with van der Waals surface area (Å²) >= 11 is 0. The Morgan fingerprint density at radius 2 is 2.04 bits per heavy atom. The van der Waals surface area contributed by atoms with Gasteiger partial charge in [-0.3, -0.25) is 14.6 Å². The molecular formula is C20H21N3O2. The van der Waals surface area contributed by atoms with Gasteiger partial charge in [-0.15, -0.1) is 0 Å². The fraction of sp³-hybridized carbons (Fsp3) is 0.250. The Hall–Kier alpha value is -2.95. The van der Waals surface area contributed by atoms with E-state index < -0.39 is 0 Å². The van der Waals surface area contributed by atoms with Crippen LogP contribution >= 0.6 is 0 Å². The Bertz CT molecular complexity index is 948. The van der Waals surface area contributed by atoms with Gasteiger partial charge in [0, 0.05) is 36.4 Å². The van der Waals surface area contributed by atoms with Crippen molar-refractivity contribution in [1.29, 1.82) is 0 Å². The van der Waals surface area contributed by atoms with Gasteiger partial charge in [-0.05, 0) is 42.1 Å². The fourth-order valence-electron chi connectivity index (χ4n) is 2.86. The van der Waals surface area contributed by atoms with Crippen molar-refractivity contribution in [3.63, 3.8) is 0 Å². The van der Waals surface area contributed by atoms with Crippen LogP contribution < -0.4 is 5.56 Å². The molecule has 128 valence electrons. The minimum atomic E-state index is -0.156. The number of fused-ring (bicyclic) bond motifs is 1. The van der Waals surface area contributed by atoms with Crippen LogP contribution in [-0.4, -0.2) is 20.8 Å². The molecule has 0 saturated heterocycles. The summed E-state index contributed by atoms with van der Waals surface area (Å²) in [5.74, 6) is 0.00703. The molecule has 0 aliphatic rings. The molecule has 2 aromatic heterocycles. The Balaban J connectivity index is 1.93. The molecule has 0 atom stereocenters. The van der Waals surface area contributed by atoms with Crippen LogP contribution in [0, 0.1) is 6.92 Å². The molecule has 1 N–H and O–H groups in total. The number of nitrogens with one attached hydrogen (secondary N) is 1. The number of hydrogen-bond acceptors (Lipinski definition) is 3. The molecule has 2 heterocycles. The van der Waals surface area contributed by atoms with Gasteiger partial charge in [0.15, 0.2) is 0 Å². The minimum absolute atomic E-state index is 0.00703. The fourth-order valence-corrected chi connectivity index (χ4v) is 2.86. The number of pyridine rings is 2. The topological polar surface area (TPSA) is 66.1 Å². The van der Waals surface area contributed by atoms with Crippen molar-refractivity contribution in [2.75, 3.05) is 0 Å². The van der Waals surface area contributed by atoms with Crippen LogP contribution in [0.1, 0.15) is 30.0 Å². The number of nitrogens with zero attached hydrogens (tertiary/aromatic N) is 2. The normalized spacial score (nSPS) is 10.8. The van der Waals surface area contributed by atoms with E-state index in [1.165, 1.54) is 0 Å². The van der Waals surface area contributed by atoms with Crippen molar-refractivity contribution in [2.24, 2.45) is 0 Å². The number of hydrogen-bond donors (Lipinski definition) is 1. The zero-order valence-corrected chi connectivity index (χ0v) is 14.5. The number of aryl methyl sites for hydroxylation is 1. The maximum atomic E-state index is 12.4. The van der Waals surface area contributed by atoms with E-state index in [0.717, 1.165) is 22.0 Å². The van der Waals surface area contributed by atoms with Crippen LogP contribution in [0.5, 0.6) is 0 Å². The molecule has 1 aromatic carbocycles. The van der Waals surface area contributed by atoms with Gasteiger partial charge in [-0.2, -0.15) is 0 Å². The number of H-pyrrole nitrogens is 1. The average molecular weight is 335 g/mol. The molecule has 0 fully saturated rings. The first kappa shape index (κ1) is 16.9. The molecule has 0 unspecified atom stereocenters. The Labute approximate surface area is 146 Å². The van der Waals surface area contributed by atoms with E-state index in [1.807, 2.05) is 50.2 Å². The van der Waals surface area contributed by atoms with Crippen molar-refractivity contribution in [3.8, 4) is 0 Å². The predicted octanol–water partition coefficient (Wildman–Crippen LogP) is 3.17. The van der Waals surface area contributed by atoms with E-state index in [4.69, 9.17) is 0 Å². The van der Waals surface area contributed by atoms with Gasteiger partial charge in [0.05, 0.1) is 6.54 Å². The Morgan fingerprint density at radius 3 is 2.76 bits per heavy atom. The molecule has 0 radical (unpaired) electrons. The van der Waals surface area contributed by atoms with Crippen LogP contribution in [-0.2, 0) is 17.9 Å². The molecule has 0 spiro atoms. The van der Waals surface area contributed by atoms with E-state index in [2.05, 4.69) is 9.97 Å². The number of benzene rings is 1. The smallest absolute Gasteiger partial charge is 0.253 e. The highest BCUT2D eigenvalue weighted by atomic mass is 16.2. The third-order valence-electron chi connectivity index (χ3n) is 4.19. The number of carbonyl (C=O) groups excluding carboxylic acids is 1. The van der Waals surface area contributed by atoms with Crippen molar-refractivity contribution in [1.82, 2.24) is 14.9 Å². The van der Waals surface area contributed by atoms with Crippen LogP contribution in [0.2, 0.25) is 0 Å². The third-order valence-corrected chi connectivity index (χ3v) is 4.19. The summed E-state index contributed by atoms with van der Waals surface area (Å²) in [4.78, 5) is 33.4. The van der Waals surface area contributed by atoms with E-state index in [0.29, 0.717) is 18.5 Å². The summed E-state index contributed by atoms with van der Waals surface area (Å²) in [6.45, 7) is 4.55. The van der Waals surface area contributed by atoms with Crippen LogP contribution in [0.4, 0.5) is 0 Å². The Morgan fingerprint density at radius 1 is 1.20 bits per heavy atom. The van der Waals surface area contributed by atoms with Gasteiger partial charge in [0.1, 0.15) is 0 Å². The van der Waals surface area contributed by atoms with E-state index >= 15 is 0 Å². The second-order valence-electron chi connectivity index (χ2n) is 6.18. The lowest BCUT2D eigenvalue weighted by Crippen LogP contribution is -2.32. The van der Waals surface area contributed by atoms with E-state index in [1.54, 1.807) is 17.3 Å². The largest absolute Gasteiger partial charge is 0.334 e. The van der Waals surface area contributed by atoms with Crippen molar-refractivity contribution in [3.05, 3.63) is 75.8 Å². The Kier molecular flexibility index (Phi) is 4.93. The zero-order valence-electron chi connectivity index (χ0n) is 14.5. The average Bonchev–Trinajstić information content (AvgIpc) is 2.62. The number of rotatable bonds is 5. The summed E-state index contributed by atoms with van der Waals surface area (Å²) in [6.07, 6.45) is 3.83. The standard InChI is InChI=1S/C20H21N3O2/c1-3-19(24)23(12-15-5-4-8-21-11-15)13-17-10-16-9-14(2)6-7-18(16)22-20(17)25/h4-11H,3,12-13H2,1-2H3,(H,22,25). The maximum absolute atomic E-state index is 12.4. The minimum Gasteiger partial charge on any atom is -0.334 e. The summed E-state index contributed by atoms with van der Waals surface area (Å²) in [5.41, 5.74) is 3.31. The van der Waals surface area contributed by atoms with Crippen LogP contribution in [0.15, 0.2) is 53.6 Å². The number of amides is 1. The summed E-state index contributed by atoms with van der Waals surface area (Å²) in [6, 6.07) is 11.5. The molecule has 3 rings (SSSR count). The third kappa shape index (κ3) is 3.94. The van der Waals surface area contributed by atoms with Gasteiger partial charge in [0.25, 0.3) is 5.56 Å². The maximum Gasteiger partial charge on any atom is 0.253 e. The van der Waals surface area contributed by atoms with Gasteiger partial charge in [-0.25, -0.2) is 0 Å². The van der Waals surface area contributed by atoms with Crippen molar-refractivity contribution in [2.45, 2.75) is 33.4 Å². The molecular weight excluding hydrogens is 314 g/mol. The second kappa shape index (κ2) is 7.30. The summed E-state index contributed by atoms with van der Waals surface area (Å²) < 4.78 is 0. The summed E-state index contributed by atoms with van der Waals surface area (Å²) in [5, 5.41) is 0.972. The molecule has 3 aromatic rings. The molecule has 5 nitrogen and oxygen atoms in total. The first-order valence-corrected chi connectivity index (χ1v) is 8.36. The van der Waals surface area contributed by atoms with Gasteiger partial charge >= 0.3 is 0 Å². The molecule has 1 amide bonds. The van der Waals surface area contributed by atoms with Crippen molar-refractivity contribution < 1.29 is 4.79 Å². The highest BCUT2D eigenvalue weighted by molar-refractivity contribution is 5.80. The lowest BCUT2D eigenvalue weighted by Gasteiger charge is -2.22. The molecule has 0 aliphatic heterocycles. The lowest BCUT2D eigenvalue weighted by atomic mass is 10.1. The molecule has 25 heavy (non-hydrogen) atoms. The van der Waals surface area contributed by atoms with Crippen molar-refractivity contribution >= 4 is 16.8 Å². The summed E-state index contributed by atoms with van der Waals surface area (Å²) in [7, 11) is 0. The van der Waals surface area contributed by atoms with Crippen LogP contribution in [0.3, 0.4) is 0 Å². The molecule has 0 bridgehead atoms. The highest BCUT2D eigenvalue weighted by Crippen LogP contribution is 2.15. The molecule has 0 saturated carbocycles. The number of aromatic nitrogens is 2. The van der Waals surface area contributed by atoms with Crippen LogP contribution in [0.25, 0.3) is 10.9 Å². The van der Waals surface area contributed by atoms with E-state index in [9.17, 15) is 9.59 Å². The highest BCUT2D eigenvalue weighted by Gasteiger charge is 2.15. The number of carbonyl (C=O) groups is 1. The van der Waals surface area contributed by atoms with Gasteiger partial charge in [0.2, 0.25) is 5.91 Å². The van der Waals surface area contributed by atoms with Gasteiger partial charge < -0.3 is 9.88 Å². The number of aromatic amines is 1. The molecule has 5 heteroatoms. The zero-order chi connectivity index (χ0) is 17.8. The second-order valence-corrected chi connectivity index (χ2v) is 6.18. The first-order valence-electron chi connectivity index (χ1n) is 8.36. The monoisotopic (exact) mass is 335 g/mol. The first-order chi connectivity index (χ1) is 12.1. The lowest BCUT2D eigenvalue weighted by molar-refractivity contribution is -0.132. The SMILES string of the molecule is CCC(=O)N(Cc1cccnc1)Cc1cc2cc(C)ccc2[nH]c1=O. The molecule has 0 aliphatic carbocycles. The van der Waals surface area contributed by atoms with Gasteiger partial charge in [-0.1, -0.05) is 24.6 Å². The quantitative estimate of drug-likeness (QED) is 0.779. The predicted molar refractivity (Wildman–Crippen MR) is 98.1 cm³/mol.